The molecule has 1 N–H and O–H groups in total. The van der Waals surface area contributed by atoms with E-state index in [2.05, 4.69) is 15.2 Å². The van der Waals surface area contributed by atoms with Crippen LogP contribution in [0.1, 0.15) is 24.2 Å². The van der Waals surface area contributed by atoms with Crippen LogP contribution < -0.4 is 14.8 Å². The van der Waals surface area contributed by atoms with E-state index in [0.29, 0.717) is 24.2 Å². The summed E-state index contributed by atoms with van der Waals surface area (Å²) in [5.41, 5.74) is 0.838. The Balaban J connectivity index is 1.64. The van der Waals surface area contributed by atoms with E-state index in [0.717, 1.165) is 18.4 Å². The van der Waals surface area contributed by atoms with Crippen molar-refractivity contribution in [3.63, 3.8) is 0 Å². The third kappa shape index (κ3) is 5.40. The number of hydrogen-bond donors (Lipinski definition) is 1. The van der Waals surface area contributed by atoms with E-state index in [1.165, 1.54) is 13.2 Å². The first kappa shape index (κ1) is 19.1. The number of rotatable bonds is 9. The summed E-state index contributed by atoms with van der Waals surface area (Å²) in [5, 5.41) is 6.45. The van der Waals surface area contributed by atoms with E-state index in [1.807, 2.05) is 4.90 Å². The maximum atomic E-state index is 12.4. The second kappa shape index (κ2) is 8.34. The van der Waals surface area contributed by atoms with Crippen LogP contribution in [0.25, 0.3) is 0 Å². The van der Waals surface area contributed by atoms with Crippen LogP contribution in [0.2, 0.25) is 0 Å². The molecular weight excluding hydrogens is 360 g/mol. The number of carbonyl (C=O) groups is 1. The fourth-order valence-corrected chi connectivity index (χ4v) is 2.78. The monoisotopic (exact) mass is 381 g/mol. The molecule has 1 amide bonds. The molecule has 1 aromatic carbocycles. The highest BCUT2D eigenvalue weighted by Crippen LogP contribution is 2.32. The van der Waals surface area contributed by atoms with Gasteiger partial charge in [-0.3, -0.25) is 9.69 Å². The number of aryl methyl sites for hydroxylation is 1. The number of benzene rings is 1. The summed E-state index contributed by atoms with van der Waals surface area (Å²) in [6, 6.07) is 6.74. The highest BCUT2D eigenvalue weighted by molar-refractivity contribution is 5.91. The Hall–Kier alpha value is -2.68. The lowest BCUT2D eigenvalue weighted by Gasteiger charge is -2.22. The van der Waals surface area contributed by atoms with Crippen molar-refractivity contribution in [2.24, 2.45) is 0 Å². The summed E-state index contributed by atoms with van der Waals surface area (Å²) < 4.78 is 39.4. The Bertz CT molecular complexity index is 793. The Morgan fingerprint density at radius 2 is 2.15 bits per heavy atom. The largest absolute Gasteiger partial charge is 0.493 e. The SMILES string of the molecule is COc1cc(CN(CC(=O)Nc2cc(C)on2)C2CC2)ccc1OC(F)F. The molecule has 0 bridgehead atoms. The maximum absolute atomic E-state index is 12.4. The van der Waals surface area contributed by atoms with E-state index in [4.69, 9.17) is 9.26 Å². The first-order valence-corrected chi connectivity index (χ1v) is 8.53. The minimum absolute atomic E-state index is 0.0200. The van der Waals surface area contributed by atoms with Crippen molar-refractivity contribution in [3.8, 4) is 11.5 Å². The van der Waals surface area contributed by atoms with E-state index >= 15 is 0 Å². The second-order valence-electron chi connectivity index (χ2n) is 6.37. The van der Waals surface area contributed by atoms with Crippen LogP contribution in [0.4, 0.5) is 14.6 Å². The summed E-state index contributed by atoms with van der Waals surface area (Å²) in [6.45, 7) is -0.500. The van der Waals surface area contributed by atoms with Gasteiger partial charge in [-0.05, 0) is 37.5 Å². The second-order valence-corrected chi connectivity index (χ2v) is 6.37. The number of anilines is 1. The molecule has 1 aliphatic carbocycles. The predicted molar refractivity (Wildman–Crippen MR) is 92.9 cm³/mol. The molecule has 0 aliphatic heterocycles. The number of carbonyl (C=O) groups excluding carboxylic acids is 1. The Kier molecular flexibility index (Phi) is 5.90. The van der Waals surface area contributed by atoms with Crippen LogP contribution in [-0.4, -0.2) is 42.3 Å². The Morgan fingerprint density at radius 3 is 2.74 bits per heavy atom. The molecule has 1 saturated carbocycles. The van der Waals surface area contributed by atoms with Gasteiger partial charge in [-0.15, -0.1) is 0 Å². The average Bonchev–Trinajstić information content (AvgIpc) is 3.38. The van der Waals surface area contributed by atoms with Gasteiger partial charge in [0.05, 0.1) is 13.7 Å². The summed E-state index contributed by atoms with van der Waals surface area (Å²) >= 11 is 0. The van der Waals surface area contributed by atoms with E-state index < -0.39 is 6.61 Å². The number of nitrogens with zero attached hydrogens (tertiary/aromatic N) is 2. The zero-order valence-corrected chi connectivity index (χ0v) is 15.1. The number of methoxy groups -OCH3 is 1. The third-order valence-corrected chi connectivity index (χ3v) is 4.14. The molecule has 0 radical (unpaired) electrons. The van der Waals surface area contributed by atoms with Gasteiger partial charge in [0.15, 0.2) is 17.3 Å². The van der Waals surface area contributed by atoms with Crippen molar-refractivity contribution in [2.75, 3.05) is 19.0 Å². The number of amides is 1. The van der Waals surface area contributed by atoms with Gasteiger partial charge in [0.25, 0.3) is 0 Å². The van der Waals surface area contributed by atoms with E-state index in [-0.39, 0.29) is 24.0 Å². The molecule has 1 aromatic heterocycles. The molecule has 1 aliphatic rings. The number of halogens is 2. The van der Waals surface area contributed by atoms with Crippen LogP contribution in [0.15, 0.2) is 28.8 Å². The lowest BCUT2D eigenvalue weighted by Crippen LogP contribution is -2.34. The van der Waals surface area contributed by atoms with Crippen molar-refractivity contribution >= 4 is 11.7 Å². The normalized spacial score (nSPS) is 13.9. The van der Waals surface area contributed by atoms with Crippen LogP contribution >= 0.6 is 0 Å². The summed E-state index contributed by atoms with van der Waals surface area (Å²) in [7, 11) is 1.39. The minimum atomic E-state index is -2.92. The number of ether oxygens (including phenoxy) is 2. The van der Waals surface area contributed by atoms with Gasteiger partial charge < -0.3 is 19.3 Å². The lowest BCUT2D eigenvalue weighted by atomic mass is 10.2. The van der Waals surface area contributed by atoms with Crippen molar-refractivity contribution in [1.82, 2.24) is 10.1 Å². The fourth-order valence-electron chi connectivity index (χ4n) is 2.78. The minimum Gasteiger partial charge on any atom is -0.493 e. The van der Waals surface area contributed by atoms with Crippen LogP contribution in [0.5, 0.6) is 11.5 Å². The molecule has 0 unspecified atom stereocenters. The zero-order valence-electron chi connectivity index (χ0n) is 15.1. The van der Waals surface area contributed by atoms with E-state index in [1.54, 1.807) is 25.1 Å². The van der Waals surface area contributed by atoms with Crippen LogP contribution in [0, 0.1) is 6.92 Å². The first-order chi connectivity index (χ1) is 12.9. The topological polar surface area (TPSA) is 76.8 Å². The Morgan fingerprint density at radius 1 is 1.37 bits per heavy atom. The molecule has 0 saturated heterocycles. The molecule has 3 rings (SSSR count). The highest BCUT2D eigenvalue weighted by Gasteiger charge is 2.30. The molecule has 2 aromatic rings. The number of alkyl halides is 2. The summed E-state index contributed by atoms with van der Waals surface area (Å²) in [4.78, 5) is 14.3. The maximum Gasteiger partial charge on any atom is 0.387 e. The molecule has 9 heteroatoms. The van der Waals surface area contributed by atoms with Gasteiger partial charge in [0, 0.05) is 18.7 Å². The van der Waals surface area contributed by atoms with Gasteiger partial charge in [-0.1, -0.05) is 11.2 Å². The summed E-state index contributed by atoms with van der Waals surface area (Å²) in [6.07, 6.45) is 2.03. The predicted octanol–water partition coefficient (Wildman–Crippen LogP) is 3.20. The number of hydrogen-bond acceptors (Lipinski definition) is 6. The number of aromatic nitrogens is 1. The van der Waals surface area contributed by atoms with Gasteiger partial charge in [-0.2, -0.15) is 8.78 Å². The molecule has 1 heterocycles. The standard InChI is InChI=1S/C18H21F2N3O4/c1-11-7-16(22-27-11)21-17(24)10-23(13-4-5-13)9-12-3-6-14(26-18(19)20)15(8-12)25-2/h3,6-8,13,18H,4-5,9-10H2,1-2H3,(H,21,22,24). The number of nitrogens with one attached hydrogen (secondary N) is 1. The lowest BCUT2D eigenvalue weighted by molar-refractivity contribution is -0.117. The molecular formula is C18H21F2N3O4. The quantitative estimate of drug-likeness (QED) is 0.719. The third-order valence-electron chi connectivity index (χ3n) is 4.14. The molecule has 1 fully saturated rings. The smallest absolute Gasteiger partial charge is 0.387 e. The van der Waals surface area contributed by atoms with E-state index in [9.17, 15) is 13.6 Å². The van der Waals surface area contributed by atoms with Crippen molar-refractivity contribution in [3.05, 3.63) is 35.6 Å². The van der Waals surface area contributed by atoms with Crippen molar-refractivity contribution < 1.29 is 27.6 Å². The molecule has 0 spiro atoms. The van der Waals surface area contributed by atoms with Gasteiger partial charge in [0.1, 0.15) is 5.76 Å². The zero-order chi connectivity index (χ0) is 19.4. The van der Waals surface area contributed by atoms with Crippen LogP contribution in [0.3, 0.4) is 0 Å². The molecule has 7 nitrogen and oxygen atoms in total. The molecule has 0 atom stereocenters. The molecule has 146 valence electrons. The summed E-state index contributed by atoms with van der Waals surface area (Å²) in [5.74, 6) is 1.00. The van der Waals surface area contributed by atoms with Gasteiger partial charge in [-0.25, -0.2) is 0 Å². The average molecular weight is 381 g/mol. The fraction of sp³-hybridized carbons (Fsp3) is 0.444. The first-order valence-electron chi connectivity index (χ1n) is 8.53. The van der Waals surface area contributed by atoms with Gasteiger partial charge in [0.2, 0.25) is 5.91 Å². The Labute approximate surface area is 155 Å². The van der Waals surface area contributed by atoms with Crippen molar-refractivity contribution in [2.45, 2.75) is 39.0 Å². The van der Waals surface area contributed by atoms with Crippen molar-refractivity contribution in [1.29, 1.82) is 0 Å². The highest BCUT2D eigenvalue weighted by atomic mass is 19.3. The van der Waals surface area contributed by atoms with Crippen LogP contribution in [-0.2, 0) is 11.3 Å². The van der Waals surface area contributed by atoms with Gasteiger partial charge >= 0.3 is 6.61 Å². The molecule has 27 heavy (non-hydrogen) atoms.